The molecule has 0 aromatic rings. The van der Waals surface area contributed by atoms with Gasteiger partial charge in [-0.1, -0.05) is 96.8 Å². The predicted molar refractivity (Wildman–Crippen MR) is 204 cm³/mol. The van der Waals surface area contributed by atoms with Crippen molar-refractivity contribution < 1.29 is 98.1 Å². The number of carboxylic acids is 4. The molecule has 59 heavy (non-hydrogen) atoms. The Morgan fingerprint density at radius 1 is 0.458 bits per heavy atom. The summed E-state index contributed by atoms with van der Waals surface area (Å²) in [6.45, 7) is -0.975. The Hall–Kier alpha value is -3.95. The van der Waals surface area contributed by atoms with Crippen LogP contribution in [0.3, 0.4) is 0 Å². The zero-order valence-electron chi connectivity index (χ0n) is 34.1. The Kier molecular flexibility index (Phi) is 29.8. The molecule has 4 atom stereocenters. The van der Waals surface area contributed by atoms with Crippen LogP contribution in [-0.4, -0.2) is 152 Å². The van der Waals surface area contributed by atoms with Crippen molar-refractivity contribution in [1.82, 2.24) is 0 Å². The monoisotopic (exact) mass is 854 g/mol. The second-order valence-electron chi connectivity index (χ2n) is 14.7. The van der Waals surface area contributed by atoms with E-state index in [9.17, 15) is 54.0 Å². The van der Waals surface area contributed by atoms with E-state index >= 15 is 0 Å². The average molecular weight is 855 g/mol. The summed E-state index contributed by atoms with van der Waals surface area (Å²) in [4.78, 5) is 80.9. The Labute approximate surface area is 344 Å². The minimum absolute atomic E-state index is 0.0844. The van der Waals surface area contributed by atoms with E-state index in [0.29, 0.717) is 6.42 Å². The van der Waals surface area contributed by atoms with Crippen LogP contribution in [0.25, 0.3) is 0 Å². The van der Waals surface area contributed by atoms with E-state index < -0.39 is 123 Å². The van der Waals surface area contributed by atoms with Gasteiger partial charge in [-0.25, -0.2) is 9.59 Å². The first-order chi connectivity index (χ1) is 27.8. The second-order valence-corrected chi connectivity index (χ2v) is 14.7. The molecule has 8 N–H and O–H groups in total. The summed E-state index contributed by atoms with van der Waals surface area (Å²) in [5, 5.41) is 76.1. The molecule has 0 rings (SSSR count). The third kappa shape index (κ3) is 29.0. The normalized spacial score (nSPS) is 14.9. The van der Waals surface area contributed by atoms with Gasteiger partial charge in [0.15, 0.2) is 11.2 Å². The van der Waals surface area contributed by atoms with Crippen LogP contribution in [0.1, 0.15) is 135 Å². The third-order valence-corrected chi connectivity index (χ3v) is 8.94. The van der Waals surface area contributed by atoms with Crippen molar-refractivity contribution in [2.24, 2.45) is 0 Å². The highest BCUT2D eigenvalue weighted by atomic mass is 16.6. The van der Waals surface area contributed by atoms with Crippen LogP contribution in [0, 0.1) is 0 Å². The molecule has 0 amide bonds. The maximum atomic E-state index is 12.6. The summed E-state index contributed by atoms with van der Waals surface area (Å²) in [7, 11) is 0. The van der Waals surface area contributed by atoms with Gasteiger partial charge in [0.05, 0.1) is 52.1 Å². The van der Waals surface area contributed by atoms with Gasteiger partial charge in [0.1, 0.15) is 31.5 Å². The number of hydrogen-bond acceptors (Lipinski definition) is 16. The third-order valence-electron chi connectivity index (χ3n) is 8.94. The summed E-state index contributed by atoms with van der Waals surface area (Å²) in [5.74, 6) is -10.5. The molecule has 20 heteroatoms. The number of carboxylic acid groups (broad SMARTS) is 4. The van der Waals surface area contributed by atoms with E-state index in [-0.39, 0.29) is 19.6 Å². The predicted octanol–water partition coefficient (Wildman–Crippen LogP) is 2.36. The number of aliphatic hydroxyl groups excluding tert-OH is 2. The van der Waals surface area contributed by atoms with Gasteiger partial charge in [0.2, 0.25) is 0 Å². The number of ether oxygens (including phenoxy) is 5. The molecule has 4 unspecified atom stereocenters. The lowest BCUT2D eigenvalue weighted by molar-refractivity contribution is -0.173. The summed E-state index contributed by atoms with van der Waals surface area (Å²) >= 11 is 0. The molecule has 20 nitrogen and oxygen atoms in total. The molecule has 0 aliphatic heterocycles. The molecule has 0 saturated heterocycles. The van der Waals surface area contributed by atoms with Crippen LogP contribution in [0.2, 0.25) is 0 Å². The van der Waals surface area contributed by atoms with Crippen LogP contribution in [0.15, 0.2) is 0 Å². The first-order valence-corrected chi connectivity index (χ1v) is 20.2. The van der Waals surface area contributed by atoms with Crippen molar-refractivity contribution in [3.63, 3.8) is 0 Å². The fourth-order valence-corrected chi connectivity index (χ4v) is 5.65. The standard InChI is InChI=1S/C39H66O20/c1-2-3-4-5-6-7-8-9-10-11-12-13-14-15-16-17-33(46)59-30(26-55-22-28(40)24-57-34(47)20-38(53,36(49)50)18-31(42)43)27-56-23-29(41)25-58-35(48)21-39(54,37(51)52)19-32(44)45/h28-30,40-41,53-54H,2-27H2,1H3,(H,42,43)(H,44,45)(H,49,50)(H,51,52). The molecule has 0 heterocycles. The fraction of sp³-hybridized carbons (Fsp3) is 0.821. The number of unbranched alkanes of at least 4 members (excludes halogenated alkanes) is 14. The van der Waals surface area contributed by atoms with Gasteiger partial charge >= 0.3 is 41.8 Å². The molecule has 0 saturated carbocycles. The van der Waals surface area contributed by atoms with Crippen molar-refractivity contribution in [3.05, 3.63) is 0 Å². The minimum atomic E-state index is -2.93. The second kappa shape index (κ2) is 31.9. The quantitative estimate of drug-likeness (QED) is 0.0250. The lowest BCUT2D eigenvalue weighted by atomic mass is 9.96. The summed E-state index contributed by atoms with van der Waals surface area (Å²) in [5.41, 5.74) is -5.87. The van der Waals surface area contributed by atoms with Crippen molar-refractivity contribution in [1.29, 1.82) is 0 Å². The van der Waals surface area contributed by atoms with Crippen molar-refractivity contribution in [3.8, 4) is 0 Å². The largest absolute Gasteiger partial charge is 0.481 e. The van der Waals surface area contributed by atoms with Gasteiger partial charge in [-0.05, 0) is 6.42 Å². The smallest absolute Gasteiger partial charge is 0.336 e. The summed E-state index contributed by atoms with van der Waals surface area (Å²) in [6, 6.07) is 0. The Morgan fingerprint density at radius 3 is 1.12 bits per heavy atom. The highest BCUT2D eigenvalue weighted by Crippen LogP contribution is 2.19. The number of rotatable bonds is 39. The molecule has 0 bridgehead atoms. The van der Waals surface area contributed by atoms with Crippen molar-refractivity contribution >= 4 is 41.8 Å². The molecule has 0 aliphatic rings. The van der Waals surface area contributed by atoms with Crippen LogP contribution in [0.4, 0.5) is 0 Å². The molecular weight excluding hydrogens is 788 g/mol. The zero-order valence-corrected chi connectivity index (χ0v) is 34.1. The van der Waals surface area contributed by atoms with E-state index in [4.69, 9.17) is 44.1 Å². The SMILES string of the molecule is CCCCCCCCCCCCCCCCCC(=O)OC(COCC(O)COC(=O)CC(O)(CC(=O)O)C(=O)O)COCC(O)COC(=O)CC(O)(CC(=O)O)C(=O)O. The number of carbonyl (C=O) groups is 7. The summed E-state index contributed by atoms with van der Waals surface area (Å²) < 4.78 is 25.7. The highest BCUT2D eigenvalue weighted by molar-refractivity contribution is 5.89. The van der Waals surface area contributed by atoms with Gasteiger partial charge in [0.25, 0.3) is 0 Å². The Morgan fingerprint density at radius 2 is 0.797 bits per heavy atom. The highest BCUT2D eigenvalue weighted by Gasteiger charge is 2.42. The number of aliphatic carboxylic acids is 4. The van der Waals surface area contributed by atoms with Crippen LogP contribution >= 0.6 is 0 Å². The fourth-order valence-electron chi connectivity index (χ4n) is 5.65. The van der Waals surface area contributed by atoms with E-state index in [2.05, 4.69) is 6.92 Å². The lowest BCUT2D eigenvalue weighted by Crippen LogP contribution is -2.43. The number of aliphatic hydroxyl groups is 4. The number of carbonyl (C=O) groups excluding carboxylic acids is 3. The van der Waals surface area contributed by atoms with Crippen molar-refractivity contribution in [2.75, 3.05) is 39.6 Å². The van der Waals surface area contributed by atoms with Crippen LogP contribution in [0.5, 0.6) is 0 Å². The van der Waals surface area contributed by atoms with Gasteiger partial charge in [-0.2, -0.15) is 0 Å². The van der Waals surface area contributed by atoms with Crippen LogP contribution < -0.4 is 0 Å². The van der Waals surface area contributed by atoms with Crippen molar-refractivity contribution in [2.45, 2.75) is 165 Å². The first-order valence-electron chi connectivity index (χ1n) is 20.2. The zero-order chi connectivity index (χ0) is 44.7. The van der Waals surface area contributed by atoms with E-state index in [0.717, 1.165) is 25.7 Å². The number of hydrogen-bond donors (Lipinski definition) is 8. The molecular formula is C39H66O20. The minimum Gasteiger partial charge on any atom is -0.481 e. The first kappa shape index (κ1) is 55.0. The lowest BCUT2D eigenvalue weighted by Gasteiger charge is -2.22. The van der Waals surface area contributed by atoms with E-state index in [1.54, 1.807) is 0 Å². The van der Waals surface area contributed by atoms with Gasteiger partial charge in [-0.3, -0.25) is 24.0 Å². The van der Waals surface area contributed by atoms with Crippen LogP contribution in [-0.2, 0) is 57.2 Å². The number of esters is 3. The van der Waals surface area contributed by atoms with E-state index in [1.807, 2.05) is 0 Å². The molecule has 0 aliphatic carbocycles. The Bertz CT molecular complexity index is 1190. The maximum absolute atomic E-state index is 12.6. The van der Waals surface area contributed by atoms with Gasteiger partial charge in [-0.15, -0.1) is 0 Å². The molecule has 0 aromatic carbocycles. The molecule has 0 radical (unpaired) electrons. The summed E-state index contributed by atoms with van der Waals surface area (Å²) in [6.07, 6.45) is 8.27. The topological polar surface area (TPSA) is 327 Å². The Balaban J connectivity index is 4.88. The maximum Gasteiger partial charge on any atom is 0.336 e. The molecule has 0 aromatic heterocycles. The molecule has 0 spiro atoms. The van der Waals surface area contributed by atoms with Gasteiger partial charge in [0, 0.05) is 6.42 Å². The average Bonchev–Trinajstić information content (AvgIpc) is 3.13. The molecule has 342 valence electrons. The van der Waals surface area contributed by atoms with Gasteiger partial charge < -0.3 is 64.5 Å². The van der Waals surface area contributed by atoms with E-state index in [1.165, 1.54) is 64.2 Å². The molecule has 0 fully saturated rings.